The standard InChI is InChI=1S/C16H22N2O2/c1-16(2,18-8-6-17-7-9-18)15(19)13-3-4-14-12(11-13)5-10-20-14/h3-4,11,17H,5-10H2,1-2H3. The van der Waals surface area contributed by atoms with Crippen molar-refractivity contribution in [3.05, 3.63) is 29.3 Å². The Hall–Kier alpha value is -1.39. The van der Waals surface area contributed by atoms with Crippen molar-refractivity contribution in [1.29, 1.82) is 0 Å². The third-order valence-electron chi connectivity index (χ3n) is 4.41. The molecule has 0 unspecified atom stereocenters. The molecule has 0 radical (unpaired) electrons. The van der Waals surface area contributed by atoms with Crippen LogP contribution in [0.5, 0.6) is 5.75 Å². The van der Waals surface area contributed by atoms with E-state index in [4.69, 9.17) is 4.74 Å². The molecule has 0 bridgehead atoms. The first-order valence-corrected chi connectivity index (χ1v) is 7.35. The molecule has 1 aromatic carbocycles. The predicted molar refractivity (Wildman–Crippen MR) is 78.5 cm³/mol. The van der Waals surface area contributed by atoms with Gasteiger partial charge in [0.15, 0.2) is 5.78 Å². The quantitative estimate of drug-likeness (QED) is 0.848. The lowest BCUT2D eigenvalue weighted by Crippen LogP contribution is -2.57. The van der Waals surface area contributed by atoms with Crippen LogP contribution in [0.3, 0.4) is 0 Å². The number of nitrogens with one attached hydrogen (secondary N) is 1. The molecule has 2 aliphatic heterocycles. The number of hydrogen-bond donors (Lipinski definition) is 1. The normalized spacial score (nSPS) is 19.5. The van der Waals surface area contributed by atoms with Crippen LogP contribution in [0, 0.1) is 0 Å². The second-order valence-electron chi connectivity index (χ2n) is 6.05. The zero-order valence-electron chi connectivity index (χ0n) is 12.2. The number of piperazine rings is 1. The molecule has 2 heterocycles. The summed E-state index contributed by atoms with van der Waals surface area (Å²) in [5, 5.41) is 3.33. The largest absolute Gasteiger partial charge is 0.493 e. The number of Topliss-reactive ketones (excluding diaryl/α,β-unsaturated/α-hetero) is 1. The van der Waals surface area contributed by atoms with Crippen molar-refractivity contribution in [2.45, 2.75) is 25.8 Å². The molecule has 1 N–H and O–H groups in total. The molecular weight excluding hydrogens is 252 g/mol. The minimum Gasteiger partial charge on any atom is -0.493 e. The summed E-state index contributed by atoms with van der Waals surface area (Å²) < 4.78 is 5.51. The number of fused-ring (bicyclic) bond motifs is 1. The van der Waals surface area contributed by atoms with E-state index >= 15 is 0 Å². The highest BCUT2D eigenvalue weighted by Gasteiger charge is 2.36. The Morgan fingerprint density at radius 2 is 2.05 bits per heavy atom. The summed E-state index contributed by atoms with van der Waals surface area (Å²) in [6.45, 7) is 8.55. The van der Waals surface area contributed by atoms with E-state index in [0.29, 0.717) is 0 Å². The number of nitrogens with zero attached hydrogens (tertiary/aromatic N) is 1. The molecule has 0 saturated carbocycles. The van der Waals surface area contributed by atoms with Crippen LogP contribution in [0.15, 0.2) is 18.2 Å². The molecular formula is C16H22N2O2. The van der Waals surface area contributed by atoms with Gasteiger partial charge in [0.1, 0.15) is 5.75 Å². The molecule has 1 saturated heterocycles. The molecule has 0 spiro atoms. The van der Waals surface area contributed by atoms with Crippen molar-refractivity contribution < 1.29 is 9.53 Å². The molecule has 4 nitrogen and oxygen atoms in total. The summed E-state index contributed by atoms with van der Waals surface area (Å²) in [6, 6.07) is 5.84. The van der Waals surface area contributed by atoms with Gasteiger partial charge in [0, 0.05) is 38.2 Å². The van der Waals surface area contributed by atoms with Crippen LogP contribution in [0.1, 0.15) is 29.8 Å². The second kappa shape index (κ2) is 5.19. The van der Waals surface area contributed by atoms with Crippen molar-refractivity contribution in [2.24, 2.45) is 0 Å². The van der Waals surface area contributed by atoms with Gasteiger partial charge in [0.05, 0.1) is 12.1 Å². The fourth-order valence-electron chi connectivity index (χ4n) is 3.05. The predicted octanol–water partition coefficient (Wildman–Crippen LogP) is 1.49. The lowest BCUT2D eigenvalue weighted by atomic mass is 9.89. The van der Waals surface area contributed by atoms with Gasteiger partial charge in [-0.2, -0.15) is 0 Å². The van der Waals surface area contributed by atoms with Crippen LogP contribution < -0.4 is 10.1 Å². The third kappa shape index (κ3) is 2.34. The minimum absolute atomic E-state index is 0.203. The number of carbonyl (C=O) groups is 1. The average Bonchev–Trinajstić information content (AvgIpc) is 2.94. The topological polar surface area (TPSA) is 41.6 Å². The van der Waals surface area contributed by atoms with E-state index in [-0.39, 0.29) is 5.78 Å². The van der Waals surface area contributed by atoms with Crippen molar-refractivity contribution in [3.63, 3.8) is 0 Å². The summed E-state index contributed by atoms with van der Waals surface area (Å²) in [5.41, 5.74) is 1.51. The second-order valence-corrected chi connectivity index (χ2v) is 6.05. The lowest BCUT2D eigenvalue weighted by Gasteiger charge is -2.40. The van der Waals surface area contributed by atoms with Crippen LogP contribution in [0.2, 0.25) is 0 Å². The van der Waals surface area contributed by atoms with Gasteiger partial charge in [-0.25, -0.2) is 0 Å². The number of benzene rings is 1. The Morgan fingerprint density at radius 3 is 2.80 bits per heavy atom. The van der Waals surface area contributed by atoms with Crippen LogP contribution in [-0.4, -0.2) is 49.0 Å². The zero-order chi connectivity index (χ0) is 14.2. The Kier molecular flexibility index (Phi) is 3.52. The molecule has 2 aliphatic rings. The van der Waals surface area contributed by atoms with Crippen LogP contribution in [0.4, 0.5) is 0 Å². The van der Waals surface area contributed by atoms with E-state index in [1.54, 1.807) is 0 Å². The van der Waals surface area contributed by atoms with Crippen molar-refractivity contribution in [2.75, 3.05) is 32.8 Å². The zero-order valence-corrected chi connectivity index (χ0v) is 12.2. The molecule has 20 heavy (non-hydrogen) atoms. The van der Waals surface area contributed by atoms with Crippen molar-refractivity contribution in [1.82, 2.24) is 10.2 Å². The van der Waals surface area contributed by atoms with Gasteiger partial charge in [0.25, 0.3) is 0 Å². The van der Waals surface area contributed by atoms with E-state index in [9.17, 15) is 4.79 Å². The average molecular weight is 274 g/mol. The Morgan fingerprint density at radius 1 is 1.30 bits per heavy atom. The SMILES string of the molecule is CC(C)(C(=O)c1ccc2c(c1)CCO2)N1CCNCC1. The monoisotopic (exact) mass is 274 g/mol. The van der Waals surface area contributed by atoms with E-state index < -0.39 is 5.54 Å². The molecule has 1 aromatic rings. The van der Waals surface area contributed by atoms with Gasteiger partial charge in [-0.3, -0.25) is 9.69 Å². The van der Waals surface area contributed by atoms with Gasteiger partial charge in [0.2, 0.25) is 0 Å². The number of ether oxygens (including phenoxy) is 1. The molecule has 3 rings (SSSR count). The molecule has 1 fully saturated rings. The first-order chi connectivity index (χ1) is 9.59. The molecule has 0 aromatic heterocycles. The molecule has 108 valence electrons. The first-order valence-electron chi connectivity index (χ1n) is 7.35. The van der Waals surface area contributed by atoms with Crippen LogP contribution in [-0.2, 0) is 6.42 Å². The summed E-state index contributed by atoms with van der Waals surface area (Å²) in [6.07, 6.45) is 0.907. The maximum atomic E-state index is 12.9. The van der Waals surface area contributed by atoms with Gasteiger partial charge in [-0.15, -0.1) is 0 Å². The summed E-state index contributed by atoms with van der Waals surface area (Å²) >= 11 is 0. The highest BCUT2D eigenvalue weighted by atomic mass is 16.5. The Labute approximate surface area is 120 Å². The maximum Gasteiger partial charge on any atom is 0.182 e. The molecule has 0 atom stereocenters. The number of hydrogen-bond acceptors (Lipinski definition) is 4. The van der Waals surface area contributed by atoms with Crippen LogP contribution >= 0.6 is 0 Å². The highest BCUT2D eigenvalue weighted by molar-refractivity contribution is 6.03. The van der Waals surface area contributed by atoms with E-state index in [1.165, 1.54) is 0 Å². The van der Waals surface area contributed by atoms with Gasteiger partial charge < -0.3 is 10.1 Å². The lowest BCUT2D eigenvalue weighted by molar-refractivity contribution is 0.0602. The maximum absolute atomic E-state index is 12.9. The smallest absolute Gasteiger partial charge is 0.182 e. The van der Waals surface area contributed by atoms with Crippen LogP contribution in [0.25, 0.3) is 0 Å². The minimum atomic E-state index is -0.449. The highest BCUT2D eigenvalue weighted by Crippen LogP contribution is 2.28. The fraction of sp³-hybridized carbons (Fsp3) is 0.562. The van der Waals surface area contributed by atoms with E-state index in [2.05, 4.69) is 10.2 Å². The molecule has 4 heteroatoms. The van der Waals surface area contributed by atoms with Gasteiger partial charge in [-0.1, -0.05) is 0 Å². The van der Waals surface area contributed by atoms with Gasteiger partial charge >= 0.3 is 0 Å². The number of rotatable bonds is 3. The van der Waals surface area contributed by atoms with Gasteiger partial charge in [-0.05, 0) is 37.6 Å². The summed E-state index contributed by atoms with van der Waals surface area (Å²) in [4.78, 5) is 15.1. The summed E-state index contributed by atoms with van der Waals surface area (Å²) in [5.74, 6) is 1.13. The third-order valence-corrected chi connectivity index (χ3v) is 4.41. The fourth-order valence-corrected chi connectivity index (χ4v) is 3.05. The molecule has 0 aliphatic carbocycles. The van der Waals surface area contributed by atoms with E-state index in [1.807, 2.05) is 32.0 Å². The summed E-state index contributed by atoms with van der Waals surface area (Å²) in [7, 11) is 0. The van der Waals surface area contributed by atoms with Crippen molar-refractivity contribution in [3.8, 4) is 5.75 Å². The number of carbonyl (C=O) groups excluding carboxylic acids is 1. The first kappa shape index (κ1) is 13.6. The van der Waals surface area contributed by atoms with E-state index in [0.717, 1.165) is 56.1 Å². The Balaban J connectivity index is 1.83. The Bertz CT molecular complexity index is 519. The van der Waals surface area contributed by atoms with Crippen molar-refractivity contribution >= 4 is 5.78 Å². The molecule has 0 amide bonds. The number of ketones is 1.